The second kappa shape index (κ2) is 2.28. The topological polar surface area (TPSA) is 56.2 Å². The predicted molar refractivity (Wildman–Crippen MR) is 43.5 cm³/mol. The fourth-order valence-corrected chi connectivity index (χ4v) is 1.48. The van der Waals surface area contributed by atoms with Gasteiger partial charge in [0.25, 0.3) is 0 Å². The fourth-order valence-electron chi connectivity index (χ4n) is 0.875. The lowest BCUT2D eigenvalue weighted by Crippen LogP contribution is -2.04. The van der Waals surface area contributed by atoms with Gasteiger partial charge in [-0.2, -0.15) is 5.10 Å². The first-order chi connectivity index (χ1) is 5.27. The van der Waals surface area contributed by atoms with Crippen molar-refractivity contribution in [3.8, 4) is 0 Å². The Morgan fingerprint density at radius 3 is 3.18 bits per heavy atom. The highest BCUT2D eigenvalue weighted by Gasteiger charge is 2.05. The van der Waals surface area contributed by atoms with Gasteiger partial charge in [-0.3, -0.25) is 0 Å². The molecule has 2 aromatic rings. The van der Waals surface area contributed by atoms with E-state index in [2.05, 4.69) is 10.1 Å². The van der Waals surface area contributed by atoms with Crippen LogP contribution in [-0.4, -0.2) is 14.6 Å². The third-order valence-electron chi connectivity index (χ3n) is 1.47. The molecular weight excluding hydrogens is 160 g/mol. The zero-order chi connectivity index (χ0) is 7.84. The van der Waals surface area contributed by atoms with Crippen LogP contribution in [0.25, 0.3) is 4.96 Å². The van der Waals surface area contributed by atoms with Crippen LogP contribution in [0.4, 0.5) is 0 Å². The molecule has 0 aliphatic rings. The van der Waals surface area contributed by atoms with Gasteiger partial charge in [-0.05, 0) is 6.92 Å². The second-order valence-corrected chi connectivity index (χ2v) is 3.23. The first kappa shape index (κ1) is 6.75. The van der Waals surface area contributed by atoms with Crippen LogP contribution in [0.1, 0.15) is 18.7 Å². The maximum Gasteiger partial charge on any atom is 0.212 e. The van der Waals surface area contributed by atoms with Gasteiger partial charge in [-0.1, -0.05) is 11.3 Å². The Balaban J connectivity index is 2.58. The van der Waals surface area contributed by atoms with Gasteiger partial charge in [0.15, 0.2) is 0 Å². The number of nitrogens with two attached hydrogens (primary N) is 1. The monoisotopic (exact) mass is 168 g/mol. The lowest BCUT2D eigenvalue weighted by Gasteiger charge is -1.95. The molecule has 11 heavy (non-hydrogen) atoms. The highest BCUT2D eigenvalue weighted by Crippen LogP contribution is 2.12. The highest BCUT2D eigenvalue weighted by atomic mass is 32.1. The molecular formula is C6H8N4S. The van der Waals surface area contributed by atoms with Crippen molar-refractivity contribution in [1.82, 2.24) is 14.6 Å². The molecule has 2 heterocycles. The summed E-state index contributed by atoms with van der Waals surface area (Å²) >= 11 is 1.51. The minimum absolute atomic E-state index is 0.0103. The van der Waals surface area contributed by atoms with Crippen LogP contribution in [0, 0.1) is 0 Å². The van der Waals surface area contributed by atoms with Crippen molar-refractivity contribution in [2.75, 3.05) is 0 Å². The van der Waals surface area contributed by atoms with Gasteiger partial charge < -0.3 is 5.73 Å². The Morgan fingerprint density at radius 2 is 2.55 bits per heavy atom. The van der Waals surface area contributed by atoms with E-state index in [0.717, 1.165) is 10.7 Å². The Morgan fingerprint density at radius 1 is 1.73 bits per heavy atom. The van der Waals surface area contributed by atoms with E-state index in [1.807, 2.05) is 13.1 Å². The summed E-state index contributed by atoms with van der Waals surface area (Å²) in [5, 5.41) is 4.04. The Bertz CT molecular complexity index is 333. The van der Waals surface area contributed by atoms with Gasteiger partial charge in [-0.15, -0.1) is 0 Å². The highest BCUT2D eigenvalue weighted by molar-refractivity contribution is 7.14. The number of hydrogen-bond acceptors (Lipinski definition) is 4. The first-order valence-electron chi connectivity index (χ1n) is 3.32. The standard InChI is InChI=1S/C6H8N4S/c1-4(7)5-2-10-6(9-5)11-3-8-10/h2-4H,7H2,1H3. The van der Waals surface area contributed by atoms with Crippen molar-refractivity contribution in [2.24, 2.45) is 5.73 Å². The van der Waals surface area contributed by atoms with Crippen molar-refractivity contribution in [3.63, 3.8) is 0 Å². The molecule has 1 atom stereocenters. The Kier molecular flexibility index (Phi) is 1.40. The lowest BCUT2D eigenvalue weighted by molar-refractivity contribution is 0.787. The quantitative estimate of drug-likeness (QED) is 0.685. The molecule has 58 valence electrons. The van der Waals surface area contributed by atoms with Gasteiger partial charge in [0.1, 0.15) is 5.51 Å². The van der Waals surface area contributed by atoms with Crippen LogP contribution in [0.5, 0.6) is 0 Å². The smallest absolute Gasteiger partial charge is 0.212 e. The number of imidazole rings is 1. The summed E-state index contributed by atoms with van der Waals surface area (Å²) in [6.07, 6.45) is 1.86. The molecule has 4 nitrogen and oxygen atoms in total. The molecule has 0 aliphatic heterocycles. The van der Waals surface area contributed by atoms with Crippen molar-refractivity contribution in [3.05, 3.63) is 17.4 Å². The number of nitrogens with zero attached hydrogens (tertiary/aromatic N) is 3. The third-order valence-corrected chi connectivity index (χ3v) is 2.16. The van der Waals surface area contributed by atoms with E-state index in [4.69, 9.17) is 5.73 Å². The predicted octanol–water partition coefficient (Wildman–Crippen LogP) is 0.810. The van der Waals surface area contributed by atoms with Crippen molar-refractivity contribution in [2.45, 2.75) is 13.0 Å². The second-order valence-electron chi connectivity index (χ2n) is 2.42. The summed E-state index contributed by atoms with van der Waals surface area (Å²) in [7, 11) is 0. The number of fused-ring (bicyclic) bond motifs is 1. The van der Waals surface area contributed by atoms with Crippen LogP contribution in [0.2, 0.25) is 0 Å². The van der Waals surface area contributed by atoms with E-state index in [1.54, 1.807) is 10.0 Å². The average Bonchev–Trinajstić information content (AvgIpc) is 2.40. The van der Waals surface area contributed by atoms with Gasteiger partial charge in [0.2, 0.25) is 4.96 Å². The number of hydrogen-bond donors (Lipinski definition) is 1. The fraction of sp³-hybridized carbons (Fsp3) is 0.333. The Labute approximate surface area is 67.7 Å². The van der Waals surface area contributed by atoms with E-state index in [9.17, 15) is 0 Å². The summed E-state index contributed by atoms with van der Waals surface area (Å²) < 4.78 is 1.74. The van der Waals surface area contributed by atoms with Crippen LogP contribution in [0.15, 0.2) is 11.7 Å². The molecule has 2 aromatic heterocycles. The molecule has 0 spiro atoms. The van der Waals surface area contributed by atoms with E-state index in [-0.39, 0.29) is 6.04 Å². The molecule has 0 radical (unpaired) electrons. The normalized spacial score (nSPS) is 14.0. The van der Waals surface area contributed by atoms with E-state index in [0.29, 0.717) is 0 Å². The largest absolute Gasteiger partial charge is 0.323 e. The zero-order valence-electron chi connectivity index (χ0n) is 6.06. The third kappa shape index (κ3) is 1.02. The van der Waals surface area contributed by atoms with E-state index < -0.39 is 0 Å². The number of rotatable bonds is 1. The van der Waals surface area contributed by atoms with Crippen LogP contribution in [-0.2, 0) is 0 Å². The van der Waals surface area contributed by atoms with Crippen LogP contribution >= 0.6 is 11.3 Å². The zero-order valence-corrected chi connectivity index (χ0v) is 6.88. The summed E-state index contributed by atoms with van der Waals surface area (Å²) in [6.45, 7) is 1.91. The maximum absolute atomic E-state index is 5.64. The van der Waals surface area contributed by atoms with Crippen molar-refractivity contribution < 1.29 is 0 Å². The number of aromatic nitrogens is 3. The lowest BCUT2D eigenvalue weighted by atomic mass is 10.3. The van der Waals surface area contributed by atoms with Gasteiger partial charge in [-0.25, -0.2) is 9.50 Å². The van der Waals surface area contributed by atoms with Gasteiger partial charge in [0, 0.05) is 6.04 Å². The molecule has 2 rings (SSSR count). The molecule has 0 aliphatic carbocycles. The van der Waals surface area contributed by atoms with Crippen molar-refractivity contribution in [1.29, 1.82) is 0 Å². The van der Waals surface area contributed by atoms with Gasteiger partial charge in [0.05, 0.1) is 11.9 Å². The van der Waals surface area contributed by atoms with E-state index in [1.165, 1.54) is 11.3 Å². The van der Waals surface area contributed by atoms with Crippen molar-refractivity contribution >= 4 is 16.3 Å². The Hall–Kier alpha value is -0.940. The molecule has 0 aromatic carbocycles. The molecule has 0 saturated carbocycles. The molecule has 1 unspecified atom stereocenters. The molecule has 2 N–H and O–H groups in total. The summed E-state index contributed by atoms with van der Waals surface area (Å²) in [6, 6.07) is -0.0103. The molecule has 0 amide bonds. The molecule has 0 bridgehead atoms. The SMILES string of the molecule is CC(N)c1cn2ncsc2n1. The summed E-state index contributed by atoms with van der Waals surface area (Å²) in [4.78, 5) is 5.17. The summed E-state index contributed by atoms with van der Waals surface area (Å²) in [5.74, 6) is 0. The summed E-state index contributed by atoms with van der Waals surface area (Å²) in [5.41, 5.74) is 8.29. The first-order valence-corrected chi connectivity index (χ1v) is 4.19. The van der Waals surface area contributed by atoms with Crippen LogP contribution < -0.4 is 5.73 Å². The van der Waals surface area contributed by atoms with Gasteiger partial charge >= 0.3 is 0 Å². The minimum atomic E-state index is -0.0103. The maximum atomic E-state index is 5.64. The molecule has 5 heteroatoms. The average molecular weight is 168 g/mol. The molecule has 0 saturated heterocycles. The van der Waals surface area contributed by atoms with E-state index >= 15 is 0 Å². The van der Waals surface area contributed by atoms with Crippen LogP contribution in [0.3, 0.4) is 0 Å². The molecule has 0 fully saturated rings. The minimum Gasteiger partial charge on any atom is -0.323 e.